The van der Waals surface area contributed by atoms with Crippen LogP contribution in [0.15, 0.2) is 36.4 Å². The quantitative estimate of drug-likeness (QED) is 0.253. The summed E-state index contributed by atoms with van der Waals surface area (Å²) in [5.74, 6) is 0.611. The third-order valence-electron chi connectivity index (χ3n) is 6.77. The zero-order chi connectivity index (χ0) is 26.9. The molecule has 2 aromatic rings. The van der Waals surface area contributed by atoms with Gasteiger partial charge in [-0.2, -0.15) is 0 Å². The van der Waals surface area contributed by atoms with Crippen molar-refractivity contribution in [3.05, 3.63) is 52.0 Å². The summed E-state index contributed by atoms with van der Waals surface area (Å²) < 4.78 is 16.1. The number of rotatable bonds is 11. The number of carbonyl (C=O) groups is 2. The van der Waals surface area contributed by atoms with E-state index in [1.807, 2.05) is 43.3 Å². The van der Waals surface area contributed by atoms with Gasteiger partial charge in [0.25, 0.3) is 0 Å². The van der Waals surface area contributed by atoms with Gasteiger partial charge >= 0.3 is 6.16 Å². The van der Waals surface area contributed by atoms with Gasteiger partial charge in [0, 0.05) is 38.7 Å². The van der Waals surface area contributed by atoms with E-state index in [1.54, 1.807) is 0 Å². The Bertz CT molecular complexity index is 1110. The molecule has 38 heavy (non-hydrogen) atoms. The minimum absolute atomic E-state index is 0.0873. The van der Waals surface area contributed by atoms with Crippen LogP contribution in [-0.2, 0) is 20.7 Å². The molecule has 0 aromatic heterocycles. The van der Waals surface area contributed by atoms with Crippen LogP contribution in [0.25, 0.3) is 0 Å². The lowest BCUT2D eigenvalue weighted by Crippen LogP contribution is -2.46. The van der Waals surface area contributed by atoms with E-state index in [4.69, 9.17) is 37.4 Å². The Balaban J connectivity index is 1.19. The van der Waals surface area contributed by atoms with Crippen LogP contribution < -0.4 is 14.5 Å². The van der Waals surface area contributed by atoms with Gasteiger partial charge in [0.2, 0.25) is 5.91 Å². The second kappa shape index (κ2) is 13.9. The number of hydrogen-bond acceptors (Lipinski definition) is 7. The molecule has 1 saturated heterocycles. The van der Waals surface area contributed by atoms with Gasteiger partial charge in [-0.15, -0.1) is 0 Å². The fraction of sp³-hybridized carbons (Fsp3) is 0.500. The Morgan fingerprint density at radius 1 is 0.947 bits per heavy atom. The molecule has 1 fully saturated rings. The number of halogens is 2. The molecule has 1 amide bonds. The molecule has 206 valence electrons. The molecule has 4 rings (SSSR count). The lowest BCUT2D eigenvalue weighted by Gasteiger charge is -2.36. The highest BCUT2D eigenvalue weighted by Gasteiger charge is 2.26. The van der Waals surface area contributed by atoms with Gasteiger partial charge in [-0.1, -0.05) is 42.3 Å². The average Bonchev–Trinajstić information content (AvgIpc) is 2.93. The van der Waals surface area contributed by atoms with Crippen molar-refractivity contribution in [1.82, 2.24) is 4.90 Å². The fourth-order valence-corrected chi connectivity index (χ4v) is 5.08. The van der Waals surface area contributed by atoms with Gasteiger partial charge in [-0.25, -0.2) is 4.79 Å². The van der Waals surface area contributed by atoms with Gasteiger partial charge in [0.15, 0.2) is 6.73 Å². The highest BCUT2D eigenvalue weighted by Crippen LogP contribution is 2.33. The maximum absolute atomic E-state index is 12.5. The third-order valence-corrected chi connectivity index (χ3v) is 7.58. The van der Waals surface area contributed by atoms with Crippen molar-refractivity contribution in [2.75, 3.05) is 62.5 Å². The Labute approximate surface area is 234 Å². The van der Waals surface area contributed by atoms with Crippen LogP contribution in [0.2, 0.25) is 10.0 Å². The van der Waals surface area contributed by atoms with Gasteiger partial charge in [0.1, 0.15) is 5.75 Å². The smallest absolute Gasteiger partial charge is 0.494 e. The van der Waals surface area contributed by atoms with E-state index in [0.717, 1.165) is 62.5 Å². The van der Waals surface area contributed by atoms with Crippen molar-refractivity contribution in [2.45, 2.75) is 39.0 Å². The molecule has 0 bridgehead atoms. The summed E-state index contributed by atoms with van der Waals surface area (Å²) >= 11 is 12.6. The first-order valence-electron chi connectivity index (χ1n) is 13.2. The zero-order valence-electron chi connectivity index (χ0n) is 21.8. The number of carbonyl (C=O) groups excluding carboxylic acids is 2. The van der Waals surface area contributed by atoms with E-state index in [9.17, 15) is 9.59 Å². The van der Waals surface area contributed by atoms with Crippen LogP contribution in [0.1, 0.15) is 38.2 Å². The van der Waals surface area contributed by atoms with Crippen molar-refractivity contribution in [2.24, 2.45) is 0 Å². The van der Waals surface area contributed by atoms with Crippen LogP contribution >= 0.6 is 23.2 Å². The van der Waals surface area contributed by atoms with Crippen LogP contribution in [0.4, 0.5) is 16.2 Å². The van der Waals surface area contributed by atoms with Crippen molar-refractivity contribution < 1.29 is 23.8 Å². The van der Waals surface area contributed by atoms with Gasteiger partial charge in [0.05, 0.1) is 34.6 Å². The van der Waals surface area contributed by atoms with Crippen LogP contribution in [0, 0.1) is 0 Å². The highest BCUT2D eigenvalue weighted by atomic mass is 35.5. The lowest BCUT2D eigenvalue weighted by molar-refractivity contribution is -0.119. The number of anilines is 2. The Kier molecular flexibility index (Phi) is 10.4. The standard InChI is InChI=1S/C28H35Cl2N3O5/c1-2-17-37-28(35)38-20-33-25-19-22(10-8-21(25)9-11-26(33)34)36-18-4-3-12-31-13-15-32(16-14-31)24-7-5-6-23(29)27(24)30/h5-8,10,19H,2-4,9,11-18,20H2,1H3. The molecule has 0 radical (unpaired) electrons. The van der Waals surface area contributed by atoms with Crippen molar-refractivity contribution >= 4 is 46.6 Å². The number of aryl methyl sites for hydroxylation is 1. The summed E-state index contributed by atoms with van der Waals surface area (Å²) in [6, 6.07) is 11.5. The van der Waals surface area contributed by atoms with E-state index in [2.05, 4.69) is 9.80 Å². The number of amides is 1. The lowest BCUT2D eigenvalue weighted by atomic mass is 10.0. The molecular weight excluding hydrogens is 529 g/mol. The number of piperazine rings is 1. The summed E-state index contributed by atoms with van der Waals surface area (Å²) in [4.78, 5) is 30.5. The molecule has 8 nitrogen and oxygen atoms in total. The number of ether oxygens (including phenoxy) is 3. The third kappa shape index (κ3) is 7.46. The second-order valence-corrected chi connectivity index (χ2v) is 10.2. The van der Waals surface area contributed by atoms with Crippen molar-refractivity contribution in [3.8, 4) is 5.75 Å². The van der Waals surface area contributed by atoms with Crippen molar-refractivity contribution in [3.63, 3.8) is 0 Å². The molecule has 0 spiro atoms. The number of hydrogen-bond donors (Lipinski definition) is 0. The monoisotopic (exact) mass is 563 g/mol. The maximum Gasteiger partial charge on any atom is 0.510 e. The van der Waals surface area contributed by atoms with E-state index >= 15 is 0 Å². The molecule has 10 heteroatoms. The maximum atomic E-state index is 12.5. The predicted molar refractivity (Wildman–Crippen MR) is 150 cm³/mol. The van der Waals surface area contributed by atoms with E-state index in [0.29, 0.717) is 41.7 Å². The Hall–Kier alpha value is -2.68. The number of fused-ring (bicyclic) bond motifs is 1. The Morgan fingerprint density at radius 3 is 2.55 bits per heavy atom. The molecule has 0 aliphatic carbocycles. The van der Waals surface area contributed by atoms with E-state index in [-0.39, 0.29) is 19.2 Å². The summed E-state index contributed by atoms with van der Waals surface area (Å²) in [6.45, 7) is 7.41. The molecule has 2 heterocycles. The van der Waals surface area contributed by atoms with Gasteiger partial charge in [-0.3, -0.25) is 14.6 Å². The summed E-state index contributed by atoms with van der Waals surface area (Å²) in [7, 11) is 0. The second-order valence-electron chi connectivity index (χ2n) is 9.44. The molecule has 2 aromatic carbocycles. The molecule has 2 aliphatic heterocycles. The number of benzene rings is 2. The van der Waals surface area contributed by atoms with Crippen LogP contribution in [0.3, 0.4) is 0 Å². The highest BCUT2D eigenvalue weighted by molar-refractivity contribution is 6.43. The summed E-state index contributed by atoms with van der Waals surface area (Å²) in [6.07, 6.45) is 2.92. The summed E-state index contributed by atoms with van der Waals surface area (Å²) in [5.41, 5.74) is 2.75. The zero-order valence-corrected chi connectivity index (χ0v) is 23.3. The number of unbranched alkanes of at least 4 members (excludes halogenated alkanes) is 1. The first-order chi connectivity index (χ1) is 18.5. The topological polar surface area (TPSA) is 71.5 Å². The SMILES string of the molecule is CCCOC(=O)OCN1C(=O)CCc2ccc(OCCCCN3CCN(c4cccc(Cl)c4Cl)CC3)cc21. The fourth-order valence-electron chi connectivity index (χ4n) is 4.67. The largest absolute Gasteiger partial charge is 0.510 e. The van der Waals surface area contributed by atoms with E-state index < -0.39 is 6.16 Å². The molecular formula is C28H35Cl2N3O5. The summed E-state index contributed by atoms with van der Waals surface area (Å²) in [5, 5.41) is 1.21. The molecule has 2 aliphatic rings. The minimum Gasteiger partial charge on any atom is -0.494 e. The predicted octanol–water partition coefficient (Wildman–Crippen LogP) is 5.77. The van der Waals surface area contributed by atoms with Crippen LogP contribution in [-0.4, -0.2) is 69.6 Å². The molecule has 0 saturated carbocycles. The molecule has 0 N–H and O–H groups in total. The van der Waals surface area contributed by atoms with Gasteiger partial charge < -0.3 is 19.1 Å². The van der Waals surface area contributed by atoms with E-state index in [1.165, 1.54) is 4.90 Å². The minimum atomic E-state index is -0.770. The molecule has 0 atom stereocenters. The average molecular weight is 565 g/mol. The van der Waals surface area contributed by atoms with Gasteiger partial charge in [-0.05, 0) is 56.0 Å². The first-order valence-corrected chi connectivity index (χ1v) is 14.0. The van der Waals surface area contributed by atoms with Crippen molar-refractivity contribution in [1.29, 1.82) is 0 Å². The Morgan fingerprint density at radius 2 is 1.76 bits per heavy atom. The first kappa shape index (κ1) is 28.3. The molecule has 0 unspecified atom stereocenters. The number of nitrogens with zero attached hydrogens (tertiary/aromatic N) is 3. The normalized spacial score (nSPS) is 15.8. The van der Waals surface area contributed by atoms with Crippen LogP contribution in [0.5, 0.6) is 5.75 Å².